The highest BCUT2D eigenvalue weighted by molar-refractivity contribution is 4.73. The summed E-state index contributed by atoms with van der Waals surface area (Å²) in [7, 11) is 0. The van der Waals surface area contributed by atoms with Gasteiger partial charge >= 0.3 is 0 Å². The summed E-state index contributed by atoms with van der Waals surface area (Å²) in [5.41, 5.74) is 0. The first-order valence-electron chi connectivity index (χ1n) is 4.28. The van der Waals surface area contributed by atoms with Crippen molar-refractivity contribution in [1.82, 2.24) is 16.0 Å². The molecule has 0 aliphatic heterocycles. The molecule has 0 bridgehead atoms. The van der Waals surface area contributed by atoms with Crippen LogP contribution < -0.4 is 16.0 Å². The molecule has 5 heteroatoms. The van der Waals surface area contributed by atoms with Gasteiger partial charge < -0.3 is 16.0 Å². The third kappa shape index (κ3) is 10.9. The van der Waals surface area contributed by atoms with E-state index in [1.807, 2.05) is 12.1 Å². The molecule has 0 saturated carbocycles. The molecular weight excluding hydrogens is 166 g/mol. The summed E-state index contributed by atoms with van der Waals surface area (Å²) in [4.78, 5) is 0. The Labute approximate surface area is 78.7 Å². The summed E-state index contributed by atoms with van der Waals surface area (Å²) in [6, 6.07) is 4.00. The zero-order chi connectivity index (χ0) is 9.78. The van der Waals surface area contributed by atoms with E-state index in [0.29, 0.717) is 13.1 Å². The van der Waals surface area contributed by atoms with Crippen molar-refractivity contribution in [2.75, 3.05) is 39.3 Å². The Balaban J connectivity index is 2.85. The molecule has 0 heterocycles. The van der Waals surface area contributed by atoms with E-state index in [1.165, 1.54) is 0 Å². The molecule has 0 aliphatic carbocycles. The minimum Gasteiger partial charge on any atom is -0.314 e. The van der Waals surface area contributed by atoms with Gasteiger partial charge in [0.15, 0.2) is 0 Å². The lowest BCUT2D eigenvalue weighted by molar-refractivity contribution is 0.610. The first-order chi connectivity index (χ1) is 6.41. The van der Waals surface area contributed by atoms with Crippen LogP contribution in [-0.2, 0) is 0 Å². The van der Waals surface area contributed by atoms with Crippen LogP contribution in [-0.4, -0.2) is 39.3 Å². The SMILES string of the molecule is N#CCNCCNCCNCC#N. The summed E-state index contributed by atoms with van der Waals surface area (Å²) in [6.07, 6.45) is 0. The van der Waals surface area contributed by atoms with Crippen LogP contribution in [0.4, 0.5) is 0 Å². The number of nitrogens with zero attached hydrogens (tertiary/aromatic N) is 2. The molecule has 5 nitrogen and oxygen atoms in total. The summed E-state index contributed by atoms with van der Waals surface area (Å²) < 4.78 is 0. The van der Waals surface area contributed by atoms with E-state index >= 15 is 0 Å². The van der Waals surface area contributed by atoms with Crippen molar-refractivity contribution < 1.29 is 0 Å². The Hall–Kier alpha value is -1.14. The quantitative estimate of drug-likeness (QED) is 0.324. The van der Waals surface area contributed by atoms with Crippen LogP contribution in [0.5, 0.6) is 0 Å². The molecule has 72 valence electrons. The predicted octanol–water partition coefficient (Wildman–Crippen LogP) is -1.20. The van der Waals surface area contributed by atoms with Gasteiger partial charge in [0.05, 0.1) is 25.2 Å². The van der Waals surface area contributed by atoms with Gasteiger partial charge in [-0.1, -0.05) is 0 Å². The molecule has 13 heavy (non-hydrogen) atoms. The van der Waals surface area contributed by atoms with Crippen molar-refractivity contribution in [3.8, 4) is 12.1 Å². The first kappa shape index (κ1) is 11.9. The second-order valence-electron chi connectivity index (χ2n) is 2.42. The Kier molecular flexibility index (Phi) is 9.91. The van der Waals surface area contributed by atoms with Crippen LogP contribution in [0.2, 0.25) is 0 Å². The summed E-state index contributed by atoms with van der Waals surface area (Å²) in [5.74, 6) is 0. The zero-order valence-electron chi connectivity index (χ0n) is 7.64. The van der Waals surface area contributed by atoms with Gasteiger partial charge in [0.2, 0.25) is 0 Å². The van der Waals surface area contributed by atoms with Crippen LogP contribution in [0.3, 0.4) is 0 Å². The van der Waals surface area contributed by atoms with Crippen molar-refractivity contribution in [3.05, 3.63) is 0 Å². The Morgan fingerprint density at radius 2 is 1.08 bits per heavy atom. The molecule has 0 atom stereocenters. The van der Waals surface area contributed by atoms with Crippen molar-refractivity contribution in [1.29, 1.82) is 10.5 Å². The number of hydrogen-bond acceptors (Lipinski definition) is 5. The summed E-state index contributed by atoms with van der Waals surface area (Å²) in [6.45, 7) is 4.08. The van der Waals surface area contributed by atoms with Crippen LogP contribution in [0, 0.1) is 22.7 Å². The van der Waals surface area contributed by atoms with Crippen molar-refractivity contribution in [2.45, 2.75) is 0 Å². The molecule has 3 N–H and O–H groups in total. The average Bonchev–Trinajstić information content (AvgIpc) is 2.16. The largest absolute Gasteiger partial charge is 0.314 e. The van der Waals surface area contributed by atoms with Gasteiger partial charge in [-0.05, 0) is 0 Å². The minimum absolute atomic E-state index is 0.397. The molecule has 0 amide bonds. The Morgan fingerprint density at radius 3 is 1.46 bits per heavy atom. The van der Waals surface area contributed by atoms with E-state index in [2.05, 4.69) is 16.0 Å². The lowest BCUT2D eigenvalue weighted by Gasteiger charge is -2.03. The van der Waals surface area contributed by atoms with Crippen molar-refractivity contribution in [2.24, 2.45) is 0 Å². The summed E-state index contributed by atoms with van der Waals surface area (Å²) in [5, 5.41) is 25.4. The Morgan fingerprint density at radius 1 is 0.692 bits per heavy atom. The molecule has 0 spiro atoms. The standard InChI is InChI=1S/C8H15N5/c9-1-3-11-5-7-13-8-6-12-4-2-10/h11-13H,3-8H2. The Bertz CT molecular complexity index is 158. The van der Waals surface area contributed by atoms with E-state index < -0.39 is 0 Å². The minimum atomic E-state index is 0.397. The molecule has 0 saturated heterocycles. The third-order valence-electron chi connectivity index (χ3n) is 1.37. The highest BCUT2D eigenvalue weighted by atomic mass is 15.0. The second kappa shape index (κ2) is 10.9. The number of rotatable bonds is 8. The topological polar surface area (TPSA) is 83.7 Å². The highest BCUT2D eigenvalue weighted by Crippen LogP contribution is 1.60. The predicted molar refractivity (Wildman–Crippen MR) is 49.8 cm³/mol. The van der Waals surface area contributed by atoms with Gasteiger partial charge in [-0.15, -0.1) is 0 Å². The molecule has 0 aliphatic rings. The van der Waals surface area contributed by atoms with Gasteiger partial charge in [-0.2, -0.15) is 10.5 Å². The van der Waals surface area contributed by atoms with Crippen LogP contribution in [0.15, 0.2) is 0 Å². The lowest BCUT2D eigenvalue weighted by atomic mass is 10.5. The molecule has 0 aromatic rings. The van der Waals surface area contributed by atoms with Gasteiger partial charge in [-0.3, -0.25) is 0 Å². The van der Waals surface area contributed by atoms with Crippen LogP contribution >= 0.6 is 0 Å². The van der Waals surface area contributed by atoms with Gasteiger partial charge in [0, 0.05) is 26.2 Å². The van der Waals surface area contributed by atoms with E-state index in [1.54, 1.807) is 0 Å². The van der Waals surface area contributed by atoms with Crippen molar-refractivity contribution >= 4 is 0 Å². The molecule has 0 radical (unpaired) electrons. The zero-order valence-corrected chi connectivity index (χ0v) is 7.64. The number of nitrogens with one attached hydrogen (secondary N) is 3. The van der Waals surface area contributed by atoms with E-state index in [0.717, 1.165) is 26.2 Å². The smallest absolute Gasteiger partial charge is 0.0841 e. The molecule has 0 rings (SSSR count). The van der Waals surface area contributed by atoms with E-state index in [9.17, 15) is 0 Å². The van der Waals surface area contributed by atoms with Crippen LogP contribution in [0.25, 0.3) is 0 Å². The maximum Gasteiger partial charge on any atom is 0.0841 e. The third-order valence-corrected chi connectivity index (χ3v) is 1.37. The normalized spacial score (nSPS) is 9.08. The monoisotopic (exact) mass is 181 g/mol. The first-order valence-corrected chi connectivity index (χ1v) is 4.28. The van der Waals surface area contributed by atoms with Gasteiger partial charge in [0.1, 0.15) is 0 Å². The van der Waals surface area contributed by atoms with E-state index in [-0.39, 0.29) is 0 Å². The lowest BCUT2D eigenvalue weighted by Crippen LogP contribution is -2.32. The maximum atomic E-state index is 8.19. The maximum absolute atomic E-state index is 8.19. The number of hydrogen-bond donors (Lipinski definition) is 3. The fourth-order valence-electron chi connectivity index (χ4n) is 0.767. The summed E-state index contributed by atoms with van der Waals surface area (Å²) >= 11 is 0. The van der Waals surface area contributed by atoms with E-state index in [4.69, 9.17) is 10.5 Å². The fraction of sp³-hybridized carbons (Fsp3) is 0.750. The highest BCUT2D eigenvalue weighted by Gasteiger charge is 1.87. The molecule has 0 aromatic carbocycles. The molecule has 0 fully saturated rings. The molecule has 0 aromatic heterocycles. The van der Waals surface area contributed by atoms with Gasteiger partial charge in [-0.25, -0.2) is 0 Å². The fourth-order valence-corrected chi connectivity index (χ4v) is 0.767. The number of nitriles is 2. The van der Waals surface area contributed by atoms with Crippen molar-refractivity contribution in [3.63, 3.8) is 0 Å². The van der Waals surface area contributed by atoms with Crippen LogP contribution in [0.1, 0.15) is 0 Å². The average molecular weight is 181 g/mol. The second-order valence-corrected chi connectivity index (χ2v) is 2.42. The van der Waals surface area contributed by atoms with Gasteiger partial charge in [0.25, 0.3) is 0 Å². The molecule has 0 unspecified atom stereocenters. The molecular formula is C8H15N5.